The molecule has 4 N–H and O–H groups in total. The average molecular weight is 541 g/mol. The Balaban J connectivity index is 0.000000634. The molecule has 2 fully saturated rings. The van der Waals surface area contributed by atoms with Gasteiger partial charge < -0.3 is 48.8 Å². The maximum atomic E-state index is 11.1. The van der Waals surface area contributed by atoms with E-state index in [1.807, 2.05) is 13.8 Å². The normalized spacial score (nSPS) is 23.3. The minimum Gasteiger partial charge on any atom is -0.469 e. The van der Waals surface area contributed by atoms with Crippen LogP contribution in [0.5, 0.6) is 0 Å². The van der Waals surface area contributed by atoms with Crippen LogP contribution in [0.1, 0.15) is 40.0 Å². The van der Waals surface area contributed by atoms with Crippen LogP contribution in [0.25, 0.3) is 0 Å². The SMILES string of the molecule is COC(=O)CC(C)C.COC(=O)CC1OCC2(COC(CC(C)=O)OC2)CO1.OCC(CO)(CO)CO. The summed E-state index contributed by atoms with van der Waals surface area (Å²) in [7, 11) is 2.73. The van der Waals surface area contributed by atoms with Gasteiger partial charge in [-0.25, -0.2) is 0 Å². The topological polar surface area (TPSA) is 188 Å². The van der Waals surface area contributed by atoms with Crippen LogP contribution in [0.3, 0.4) is 0 Å². The Morgan fingerprint density at radius 3 is 1.41 bits per heavy atom. The fourth-order valence-corrected chi connectivity index (χ4v) is 2.83. The molecule has 2 aliphatic rings. The van der Waals surface area contributed by atoms with Crippen LogP contribution in [0.4, 0.5) is 0 Å². The van der Waals surface area contributed by atoms with Crippen LogP contribution in [0, 0.1) is 16.7 Å². The summed E-state index contributed by atoms with van der Waals surface area (Å²) in [5.41, 5.74) is -1.47. The van der Waals surface area contributed by atoms with Gasteiger partial charge in [-0.3, -0.25) is 14.4 Å². The highest BCUT2D eigenvalue weighted by atomic mass is 16.7. The van der Waals surface area contributed by atoms with Gasteiger partial charge in [0.05, 0.1) is 90.7 Å². The molecule has 2 saturated heterocycles. The van der Waals surface area contributed by atoms with Gasteiger partial charge in [-0.05, 0) is 12.8 Å². The van der Waals surface area contributed by atoms with E-state index in [4.69, 9.17) is 39.4 Å². The van der Waals surface area contributed by atoms with Crippen molar-refractivity contribution in [1.29, 1.82) is 0 Å². The molecule has 37 heavy (non-hydrogen) atoms. The molecule has 2 heterocycles. The van der Waals surface area contributed by atoms with Gasteiger partial charge in [-0.15, -0.1) is 0 Å². The lowest BCUT2D eigenvalue weighted by Crippen LogP contribution is -2.52. The minimum absolute atomic E-state index is 0.0280. The molecule has 13 nitrogen and oxygen atoms in total. The highest BCUT2D eigenvalue weighted by Crippen LogP contribution is 2.31. The van der Waals surface area contributed by atoms with Gasteiger partial charge in [0.15, 0.2) is 12.6 Å². The Morgan fingerprint density at radius 1 is 0.784 bits per heavy atom. The first-order valence-corrected chi connectivity index (χ1v) is 12.0. The van der Waals surface area contributed by atoms with E-state index in [0.29, 0.717) is 38.8 Å². The van der Waals surface area contributed by atoms with Crippen LogP contribution in [0.2, 0.25) is 0 Å². The Bertz CT molecular complexity index is 628. The molecule has 218 valence electrons. The third-order valence-corrected chi connectivity index (χ3v) is 5.46. The van der Waals surface area contributed by atoms with Gasteiger partial charge in [-0.1, -0.05) is 13.8 Å². The van der Waals surface area contributed by atoms with Crippen molar-refractivity contribution in [3.8, 4) is 0 Å². The van der Waals surface area contributed by atoms with Gasteiger partial charge >= 0.3 is 11.9 Å². The van der Waals surface area contributed by atoms with Crippen molar-refractivity contribution in [3.05, 3.63) is 0 Å². The summed E-state index contributed by atoms with van der Waals surface area (Å²) in [6, 6.07) is 0. The number of hydrogen-bond acceptors (Lipinski definition) is 13. The highest BCUT2D eigenvalue weighted by Gasteiger charge is 2.42. The van der Waals surface area contributed by atoms with E-state index in [1.165, 1.54) is 21.1 Å². The van der Waals surface area contributed by atoms with Crippen molar-refractivity contribution in [2.24, 2.45) is 16.7 Å². The molecule has 2 rings (SSSR count). The molecular weight excluding hydrogens is 496 g/mol. The maximum Gasteiger partial charge on any atom is 0.310 e. The summed E-state index contributed by atoms with van der Waals surface area (Å²) in [6.45, 7) is 5.45. The molecule has 0 aromatic rings. The number of carbonyl (C=O) groups excluding carboxylic acids is 3. The molecule has 0 amide bonds. The molecule has 0 aromatic heterocycles. The number of esters is 2. The number of methoxy groups -OCH3 is 2. The lowest BCUT2D eigenvalue weighted by atomic mass is 9.90. The zero-order chi connectivity index (χ0) is 28.5. The van der Waals surface area contributed by atoms with E-state index in [2.05, 4.69) is 9.47 Å². The summed E-state index contributed by atoms with van der Waals surface area (Å²) < 4.78 is 31.1. The van der Waals surface area contributed by atoms with Crippen molar-refractivity contribution in [2.45, 2.75) is 52.6 Å². The largest absolute Gasteiger partial charge is 0.469 e. The molecule has 0 aliphatic carbocycles. The van der Waals surface area contributed by atoms with E-state index in [9.17, 15) is 14.4 Å². The number of ketones is 1. The molecule has 0 aromatic carbocycles. The van der Waals surface area contributed by atoms with Gasteiger partial charge in [-0.2, -0.15) is 0 Å². The second kappa shape index (κ2) is 18.5. The molecule has 2 aliphatic heterocycles. The number of carbonyl (C=O) groups is 3. The molecule has 0 saturated carbocycles. The third kappa shape index (κ3) is 14.1. The average Bonchev–Trinajstić information content (AvgIpc) is 2.89. The van der Waals surface area contributed by atoms with E-state index >= 15 is 0 Å². The van der Waals surface area contributed by atoms with E-state index < -0.39 is 44.4 Å². The summed E-state index contributed by atoms with van der Waals surface area (Å²) in [4.78, 5) is 32.5. The number of rotatable bonds is 10. The fourth-order valence-electron chi connectivity index (χ4n) is 2.83. The maximum absolute atomic E-state index is 11.1. The fraction of sp³-hybridized carbons (Fsp3) is 0.875. The van der Waals surface area contributed by atoms with Gasteiger partial charge in [0.25, 0.3) is 0 Å². The van der Waals surface area contributed by atoms with E-state index in [0.717, 1.165) is 0 Å². The Kier molecular flexibility index (Phi) is 17.7. The first kappa shape index (κ1) is 35.3. The minimum atomic E-state index is -1.11. The van der Waals surface area contributed by atoms with Crippen LogP contribution >= 0.6 is 0 Å². The second-order valence-corrected chi connectivity index (χ2v) is 9.60. The molecule has 0 bridgehead atoms. The van der Waals surface area contributed by atoms with Gasteiger partial charge in [0.1, 0.15) is 5.78 Å². The summed E-state index contributed by atoms with van der Waals surface area (Å²) in [6.07, 6.45) is -0.213. The van der Waals surface area contributed by atoms with Crippen molar-refractivity contribution in [2.75, 3.05) is 67.1 Å². The van der Waals surface area contributed by atoms with Crippen LogP contribution in [-0.4, -0.2) is 118 Å². The lowest BCUT2D eigenvalue weighted by molar-refractivity contribution is -0.301. The zero-order valence-corrected chi connectivity index (χ0v) is 22.5. The first-order chi connectivity index (χ1) is 17.4. The number of aliphatic hydroxyl groups is 4. The summed E-state index contributed by atoms with van der Waals surface area (Å²) >= 11 is 0. The smallest absolute Gasteiger partial charge is 0.310 e. The molecule has 0 atom stereocenters. The van der Waals surface area contributed by atoms with Crippen molar-refractivity contribution in [3.63, 3.8) is 0 Å². The van der Waals surface area contributed by atoms with Gasteiger partial charge in [0.2, 0.25) is 0 Å². The quantitative estimate of drug-likeness (QED) is 0.258. The van der Waals surface area contributed by atoms with E-state index in [1.54, 1.807) is 0 Å². The molecule has 0 radical (unpaired) electrons. The number of aliphatic hydroxyl groups excluding tert-OH is 4. The Morgan fingerprint density at radius 2 is 1.16 bits per heavy atom. The molecular formula is C24H44O13. The second-order valence-electron chi connectivity index (χ2n) is 9.60. The highest BCUT2D eigenvalue weighted by molar-refractivity contribution is 5.75. The zero-order valence-electron chi connectivity index (χ0n) is 22.5. The number of hydrogen-bond donors (Lipinski definition) is 4. The predicted molar refractivity (Wildman–Crippen MR) is 128 cm³/mol. The van der Waals surface area contributed by atoms with Gasteiger partial charge in [0, 0.05) is 6.42 Å². The lowest BCUT2D eigenvalue weighted by Gasteiger charge is -2.43. The number of Topliss-reactive ketones (excluding diaryl/α,β-unsaturated/α-hetero) is 1. The van der Waals surface area contributed by atoms with Crippen molar-refractivity contribution in [1.82, 2.24) is 0 Å². The van der Waals surface area contributed by atoms with Crippen molar-refractivity contribution < 1.29 is 63.2 Å². The standard InChI is InChI=1S/C13H20O7.C6H12O2.C5H12O4/c1-9(14)3-11-17-5-13(6-18-11)7-19-12(20-8-13)4-10(15)16-2;1-5(2)4-6(7)8-3;6-1-5(2-7,3-8)4-9/h11-12H,3-8H2,1-2H3;5H,4H2,1-3H3;6-9H,1-4H2. The van der Waals surface area contributed by atoms with Crippen molar-refractivity contribution >= 4 is 17.7 Å². The monoisotopic (exact) mass is 540 g/mol. The summed E-state index contributed by atoms with van der Waals surface area (Å²) in [5, 5.41) is 34.0. The Hall–Kier alpha value is -1.71. The predicted octanol–water partition coefficient (Wildman–Crippen LogP) is -0.592. The number of ether oxygens (including phenoxy) is 6. The summed E-state index contributed by atoms with van der Waals surface area (Å²) in [5.74, 6) is -0.0636. The molecule has 0 unspecified atom stereocenters. The Labute approximate surface area is 217 Å². The van der Waals surface area contributed by atoms with Crippen LogP contribution < -0.4 is 0 Å². The molecule has 13 heteroatoms. The first-order valence-electron chi connectivity index (χ1n) is 12.0. The molecule has 1 spiro atoms. The van der Waals surface area contributed by atoms with Crippen LogP contribution in [-0.2, 0) is 42.8 Å². The third-order valence-electron chi connectivity index (χ3n) is 5.46. The van der Waals surface area contributed by atoms with Crippen LogP contribution in [0.15, 0.2) is 0 Å². The van der Waals surface area contributed by atoms with E-state index in [-0.39, 0.29) is 36.0 Å².